The van der Waals surface area contributed by atoms with E-state index >= 15 is 0 Å². The molecule has 136 valence electrons. The quantitative estimate of drug-likeness (QED) is 0.860. The Hall–Kier alpha value is -1.88. The molecule has 3 rings (SSSR count). The molecule has 0 bridgehead atoms. The smallest absolute Gasteiger partial charge is 0.225 e. The molecule has 2 aliphatic heterocycles. The number of likely N-dealkylation sites (tertiary alicyclic amines) is 2. The lowest BCUT2D eigenvalue weighted by atomic mass is 10.0. The van der Waals surface area contributed by atoms with Crippen molar-refractivity contribution in [1.82, 2.24) is 15.1 Å². The Morgan fingerprint density at radius 1 is 1.24 bits per heavy atom. The van der Waals surface area contributed by atoms with Gasteiger partial charge in [0.05, 0.1) is 5.92 Å². The van der Waals surface area contributed by atoms with Gasteiger partial charge in [0.1, 0.15) is 0 Å². The first-order valence-electron chi connectivity index (χ1n) is 9.47. The van der Waals surface area contributed by atoms with Crippen molar-refractivity contribution in [1.29, 1.82) is 0 Å². The fraction of sp³-hybridized carbons (Fsp3) is 0.600. The number of nitrogens with zero attached hydrogens (tertiary/aromatic N) is 2. The van der Waals surface area contributed by atoms with Gasteiger partial charge in [-0.15, -0.1) is 0 Å². The minimum Gasteiger partial charge on any atom is -0.355 e. The molecular formula is C20H29N3O2. The molecule has 5 nitrogen and oxygen atoms in total. The zero-order valence-electron chi connectivity index (χ0n) is 15.1. The maximum absolute atomic E-state index is 12.4. The van der Waals surface area contributed by atoms with Gasteiger partial charge in [-0.1, -0.05) is 36.8 Å². The summed E-state index contributed by atoms with van der Waals surface area (Å²) in [6, 6.07) is 10.6. The van der Waals surface area contributed by atoms with Gasteiger partial charge < -0.3 is 10.2 Å². The molecule has 1 N–H and O–H groups in total. The van der Waals surface area contributed by atoms with Crippen LogP contribution in [-0.4, -0.2) is 53.8 Å². The highest BCUT2D eigenvalue weighted by atomic mass is 16.2. The number of benzene rings is 1. The van der Waals surface area contributed by atoms with Crippen molar-refractivity contribution in [2.24, 2.45) is 5.92 Å². The van der Waals surface area contributed by atoms with Crippen molar-refractivity contribution in [2.75, 3.05) is 26.2 Å². The third kappa shape index (κ3) is 4.82. The Morgan fingerprint density at radius 3 is 2.80 bits per heavy atom. The van der Waals surface area contributed by atoms with E-state index in [1.165, 1.54) is 19.3 Å². The predicted octanol–water partition coefficient (Wildman–Crippen LogP) is 2.03. The van der Waals surface area contributed by atoms with Crippen LogP contribution in [0.3, 0.4) is 0 Å². The van der Waals surface area contributed by atoms with Gasteiger partial charge in [0, 0.05) is 38.6 Å². The summed E-state index contributed by atoms with van der Waals surface area (Å²) in [5, 5.41) is 3.04. The molecule has 1 aromatic carbocycles. The molecule has 2 amide bonds. The molecule has 0 unspecified atom stereocenters. The second-order valence-corrected chi connectivity index (χ2v) is 7.33. The molecule has 2 aliphatic rings. The van der Waals surface area contributed by atoms with Crippen molar-refractivity contribution in [3.05, 3.63) is 35.9 Å². The number of carbonyl (C=O) groups excluding carboxylic acids is 2. The normalized spacial score (nSPS) is 24.5. The fourth-order valence-corrected chi connectivity index (χ4v) is 3.86. The monoisotopic (exact) mass is 343 g/mol. The summed E-state index contributed by atoms with van der Waals surface area (Å²) in [7, 11) is 0. The molecule has 2 heterocycles. The Labute approximate surface area is 150 Å². The van der Waals surface area contributed by atoms with E-state index < -0.39 is 0 Å². The second kappa shape index (κ2) is 8.48. The van der Waals surface area contributed by atoms with Gasteiger partial charge >= 0.3 is 0 Å². The molecule has 0 spiro atoms. The van der Waals surface area contributed by atoms with E-state index in [0.29, 0.717) is 32.1 Å². The van der Waals surface area contributed by atoms with Crippen LogP contribution in [-0.2, 0) is 16.1 Å². The van der Waals surface area contributed by atoms with Crippen molar-refractivity contribution >= 4 is 11.8 Å². The van der Waals surface area contributed by atoms with E-state index in [0.717, 1.165) is 18.7 Å². The lowest BCUT2D eigenvalue weighted by Gasteiger charge is -2.33. The Bertz CT molecular complexity index is 590. The highest BCUT2D eigenvalue weighted by Crippen LogP contribution is 2.20. The van der Waals surface area contributed by atoms with Crippen molar-refractivity contribution in [2.45, 2.75) is 45.2 Å². The molecule has 1 aromatic rings. The van der Waals surface area contributed by atoms with Gasteiger partial charge in [0.25, 0.3) is 0 Å². The maximum atomic E-state index is 12.4. The van der Waals surface area contributed by atoms with Crippen LogP contribution in [0.25, 0.3) is 0 Å². The first kappa shape index (κ1) is 17.9. The average Bonchev–Trinajstić information content (AvgIpc) is 2.98. The standard InChI is InChI=1S/C20H29N3O2/c1-16-7-5-6-11-22(16)12-10-21-20(25)18-13-19(24)23(15-18)14-17-8-3-2-4-9-17/h2-4,8-9,16,18H,5-7,10-15H2,1H3,(H,21,25)/t16-,18-/m0/s1. The van der Waals surface area contributed by atoms with Crippen molar-refractivity contribution in [3.8, 4) is 0 Å². The maximum Gasteiger partial charge on any atom is 0.225 e. The number of carbonyl (C=O) groups is 2. The van der Waals surface area contributed by atoms with Gasteiger partial charge in [-0.3, -0.25) is 14.5 Å². The van der Waals surface area contributed by atoms with E-state index in [9.17, 15) is 9.59 Å². The van der Waals surface area contributed by atoms with Crippen LogP contribution < -0.4 is 5.32 Å². The Morgan fingerprint density at radius 2 is 2.04 bits per heavy atom. The SMILES string of the molecule is C[C@H]1CCCCN1CCNC(=O)[C@H]1CC(=O)N(Cc2ccccc2)C1. The van der Waals surface area contributed by atoms with Crippen LogP contribution in [0.4, 0.5) is 0 Å². The molecule has 2 fully saturated rings. The summed E-state index contributed by atoms with van der Waals surface area (Å²) in [5.74, 6) is -0.114. The summed E-state index contributed by atoms with van der Waals surface area (Å²) in [6.07, 6.45) is 4.15. The number of rotatable bonds is 6. The number of amides is 2. The molecule has 2 saturated heterocycles. The van der Waals surface area contributed by atoms with Crippen LogP contribution in [0.1, 0.15) is 38.2 Å². The number of piperidine rings is 1. The van der Waals surface area contributed by atoms with Crippen LogP contribution in [0, 0.1) is 5.92 Å². The van der Waals surface area contributed by atoms with Crippen LogP contribution >= 0.6 is 0 Å². The predicted molar refractivity (Wildman–Crippen MR) is 97.9 cm³/mol. The van der Waals surface area contributed by atoms with Gasteiger partial charge in [-0.2, -0.15) is 0 Å². The highest BCUT2D eigenvalue weighted by Gasteiger charge is 2.34. The van der Waals surface area contributed by atoms with Crippen LogP contribution in [0.2, 0.25) is 0 Å². The molecule has 0 aromatic heterocycles. The van der Waals surface area contributed by atoms with Gasteiger partial charge in [-0.05, 0) is 31.9 Å². The van der Waals surface area contributed by atoms with Gasteiger partial charge in [0.2, 0.25) is 11.8 Å². The van der Waals surface area contributed by atoms with Crippen LogP contribution in [0.5, 0.6) is 0 Å². The van der Waals surface area contributed by atoms with Crippen molar-refractivity contribution < 1.29 is 9.59 Å². The minimum atomic E-state index is -0.213. The van der Waals surface area contributed by atoms with Gasteiger partial charge in [0.15, 0.2) is 0 Å². The van der Waals surface area contributed by atoms with Gasteiger partial charge in [-0.25, -0.2) is 0 Å². The van der Waals surface area contributed by atoms with Crippen molar-refractivity contribution in [3.63, 3.8) is 0 Å². The third-order valence-electron chi connectivity index (χ3n) is 5.44. The zero-order valence-corrected chi connectivity index (χ0v) is 15.1. The average molecular weight is 343 g/mol. The van der Waals surface area contributed by atoms with E-state index in [4.69, 9.17) is 0 Å². The Balaban J connectivity index is 1.43. The van der Waals surface area contributed by atoms with E-state index in [1.807, 2.05) is 30.3 Å². The summed E-state index contributed by atoms with van der Waals surface area (Å²) < 4.78 is 0. The minimum absolute atomic E-state index is 0.0218. The largest absolute Gasteiger partial charge is 0.355 e. The molecule has 2 atom stereocenters. The summed E-state index contributed by atoms with van der Waals surface area (Å²) >= 11 is 0. The number of nitrogens with one attached hydrogen (secondary N) is 1. The molecule has 25 heavy (non-hydrogen) atoms. The van der Waals surface area contributed by atoms with Crippen LogP contribution in [0.15, 0.2) is 30.3 Å². The molecule has 5 heteroatoms. The summed E-state index contributed by atoms with van der Waals surface area (Å²) in [4.78, 5) is 28.8. The van der Waals surface area contributed by atoms with E-state index in [1.54, 1.807) is 4.90 Å². The zero-order chi connectivity index (χ0) is 17.6. The first-order valence-corrected chi connectivity index (χ1v) is 9.47. The molecule has 0 aliphatic carbocycles. The highest BCUT2D eigenvalue weighted by molar-refractivity contribution is 5.89. The molecular weight excluding hydrogens is 314 g/mol. The lowest BCUT2D eigenvalue weighted by molar-refractivity contribution is -0.129. The first-order chi connectivity index (χ1) is 12.1. The van der Waals surface area contributed by atoms with E-state index in [-0.39, 0.29) is 17.7 Å². The summed E-state index contributed by atoms with van der Waals surface area (Å²) in [6.45, 7) is 6.09. The fourth-order valence-electron chi connectivity index (χ4n) is 3.86. The number of hydrogen-bond acceptors (Lipinski definition) is 3. The van der Waals surface area contributed by atoms with E-state index in [2.05, 4.69) is 17.1 Å². The number of hydrogen-bond donors (Lipinski definition) is 1. The third-order valence-corrected chi connectivity index (χ3v) is 5.44. The molecule has 0 saturated carbocycles. The topological polar surface area (TPSA) is 52.7 Å². The molecule has 0 radical (unpaired) electrons. The lowest BCUT2D eigenvalue weighted by Crippen LogP contribution is -2.43. The Kier molecular flexibility index (Phi) is 6.08. The second-order valence-electron chi connectivity index (χ2n) is 7.33. The summed E-state index contributed by atoms with van der Waals surface area (Å²) in [5.41, 5.74) is 1.11.